The fourth-order valence-corrected chi connectivity index (χ4v) is 5.20. The molecule has 7 nitrogen and oxygen atoms in total. The second-order valence-electron chi connectivity index (χ2n) is 9.24. The number of rotatable bonds is 5. The number of fused-ring (bicyclic) bond motifs is 1. The van der Waals surface area contributed by atoms with E-state index in [4.69, 9.17) is 0 Å². The SMILES string of the molecule is CCn1cc(C(=O)NCC2(N3CCN(C)CC3)CCCCC2)c(=O)c2ccc(C)nc21. The van der Waals surface area contributed by atoms with Crippen LogP contribution >= 0.6 is 0 Å². The summed E-state index contributed by atoms with van der Waals surface area (Å²) >= 11 is 0. The summed E-state index contributed by atoms with van der Waals surface area (Å²) in [5.41, 5.74) is 1.49. The third-order valence-corrected chi connectivity index (χ3v) is 7.18. The van der Waals surface area contributed by atoms with Crippen molar-refractivity contribution in [2.24, 2.45) is 0 Å². The smallest absolute Gasteiger partial charge is 0.256 e. The van der Waals surface area contributed by atoms with Gasteiger partial charge in [0.2, 0.25) is 5.43 Å². The molecule has 168 valence electrons. The van der Waals surface area contributed by atoms with Crippen LogP contribution in [0.5, 0.6) is 0 Å². The number of piperazine rings is 1. The second kappa shape index (κ2) is 9.09. The van der Waals surface area contributed by atoms with E-state index < -0.39 is 0 Å². The Morgan fingerprint density at radius 3 is 2.52 bits per heavy atom. The predicted molar refractivity (Wildman–Crippen MR) is 124 cm³/mol. The standard InChI is InChI=1S/C24H35N5O2/c1-4-28-16-20(21(30)19-9-8-18(2)26-22(19)28)23(31)25-17-24(10-6-5-7-11-24)29-14-12-27(3)13-15-29/h8-9,16H,4-7,10-15,17H2,1-3H3,(H,25,31). The van der Waals surface area contributed by atoms with Gasteiger partial charge in [-0.2, -0.15) is 0 Å². The highest BCUT2D eigenvalue weighted by molar-refractivity contribution is 5.96. The molecular formula is C24H35N5O2. The van der Waals surface area contributed by atoms with Crippen molar-refractivity contribution >= 4 is 16.9 Å². The molecule has 0 bridgehead atoms. The van der Waals surface area contributed by atoms with Crippen LogP contribution in [0.1, 0.15) is 55.1 Å². The van der Waals surface area contributed by atoms with Crippen LogP contribution in [0, 0.1) is 6.92 Å². The number of likely N-dealkylation sites (N-methyl/N-ethyl adjacent to an activating group) is 1. The van der Waals surface area contributed by atoms with Crippen molar-refractivity contribution in [3.05, 3.63) is 39.8 Å². The molecule has 1 aliphatic heterocycles. The van der Waals surface area contributed by atoms with E-state index in [1.807, 2.05) is 24.5 Å². The Bertz CT molecular complexity index is 1000. The molecular weight excluding hydrogens is 390 g/mol. The monoisotopic (exact) mass is 425 g/mol. The Morgan fingerprint density at radius 1 is 1.13 bits per heavy atom. The molecule has 2 fully saturated rings. The van der Waals surface area contributed by atoms with Crippen molar-refractivity contribution in [1.29, 1.82) is 0 Å². The minimum absolute atomic E-state index is 0.00840. The van der Waals surface area contributed by atoms with Crippen LogP contribution < -0.4 is 10.7 Å². The normalized spacial score (nSPS) is 20.1. The quantitative estimate of drug-likeness (QED) is 0.797. The molecule has 1 aliphatic carbocycles. The highest BCUT2D eigenvalue weighted by Gasteiger charge is 2.39. The van der Waals surface area contributed by atoms with Gasteiger partial charge in [-0.15, -0.1) is 0 Å². The van der Waals surface area contributed by atoms with Crippen LogP contribution in [0.2, 0.25) is 0 Å². The number of hydrogen-bond acceptors (Lipinski definition) is 5. The highest BCUT2D eigenvalue weighted by Crippen LogP contribution is 2.34. The molecule has 1 amide bonds. The number of aromatic nitrogens is 2. The highest BCUT2D eigenvalue weighted by atomic mass is 16.2. The number of amides is 1. The van der Waals surface area contributed by atoms with E-state index in [-0.39, 0.29) is 22.4 Å². The zero-order valence-corrected chi connectivity index (χ0v) is 19.1. The van der Waals surface area contributed by atoms with Gasteiger partial charge in [0.25, 0.3) is 5.91 Å². The van der Waals surface area contributed by atoms with E-state index in [2.05, 4.69) is 27.1 Å². The largest absolute Gasteiger partial charge is 0.350 e. The number of nitrogens with one attached hydrogen (secondary N) is 1. The molecule has 0 spiro atoms. The van der Waals surface area contributed by atoms with Gasteiger partial charge in [0.1, 0.15) is 11.2 Å². The molecule has 0 unspecified atom stereocenters. The zero-order valence-electron chi connectivity index (χ0n) is 19.1. The number of aryl methyl sites for hydroxylation is 2. The van der Waals surface area contributed by atoms with Gasteiger partial charge in [0.05, 0.1) is 5.39 Å². The van der Waals surface area contributed by atoms with E-state index in [9.17, 15) is 9.59 Å². The first-order valence-corrected chi connectivity index (χ1v) is 11.7. The molecule has 2 aromatic heterocycles. The van der Waals surface area contributed by atoms with Crippen molar-refractivity contribution in [3.8, 4) is 0 Å². The molecule has 0 aromatic carbocycles. The fraction of sp³-hybridized carbons (Fsp3) is 0.625. The van der Waals surface area contributed by atoms with Crippen LogP contribution in [0.25, 0.3) is 11.0 Å². The van der Waals surface area contributed by atoms with E-state index >= 15 is 0 Å². The number of carbonyl (C=O) groups excluding carboxylic acids is 1. The first kappa shape index (κ1) is 22.0. The summed E-state index contributed by atoms with van der Waals surface area (Å²) < 4.78 is 1.90. The van der Waals surface area contributed by atoms with Gasteiger partial charge in [-0.05, 0) is 45.9 Å². The Labute approximate surface area is 184 Å². The average molecular weight is 426 g/mol. The van der Waals surface area contributed by atoms with Gasteiger partial charge in [0.15, 0.2) is 0 Å². The van der Waals surface area contributed by atoms with Crippen molar-refractivity contribution < 1.29 is 4.79 Å². The molecule has 31 heavy (non-hydrogen) atoms. The van der Waals surface area contributed by atoms with Gasteiger partial charge < -0.3 is 14.8 Å². The molecule has 0 radical (unpaired) electrons. The summed E-state index contributed by atoms with van der Waals surface area (Å²) in [4.78, 5) is 35.8. The number of hydrogen-bond donors (Lipinski definition) is 1. The zero-order chi connectivity index (χ0) is 22.0. The van der Waals surface area contributed by atoms with Crippen molar-refractivity contribution in [3.63, 3.8) is 0 Å². The van der Waals surface area contributed by atoms with E-state index in [1.165, 1.54) is 19.3 Å². The van der Waals surface area contributed by atoms with Crippen LogP contribution in [0.4, 0.5) is 0 Å². The predicted octanol–water partition coefficient (Wildman–Crippen LogP) is 2.40. The van der Waals surface area contributed by atoms with Crippen molar-refractivity contribution in [1.82, 2.24) is 24.7 Å². The Morgan fingerprint density at radius 2 is 1.84 bits per heavy atom. The molecule has 1 saturated carbocycles. The first-order chi connectivity index (χ1) is 14.9. The summed E-state index contributed by atoms with van der Waals surface area (Å²) in [6.45, 7) is 9.37. The second-order valence-corrected chi connectivity index (χ2v) is 9.24. The summed E-state index contributed by atoms with van der Waals surface area (Å²) in [5, 5.41) is 3.66. The number of carbonyl (C=O) groups is 1. The van der Waals surface area contributed by atoms with Gasteiger partial charge in [0, 0.05) is 56.7 Å². The lowest BCUT2D eigenvalue weighted by Gasteiger charge is -2.49. The molecule has 0 atom stereocenters. The Kier molecular flexibility index (Phi) is 6.44. The third-order valence-electron chi connectivity index (χ3n) is 7.18. The fourth-order valence-electron chi connectivity index (χ4n) is 5.20. The minimum atomic E-state index is -0.270. The Balaban J connectivity index is 1.58. The third kappa shape index (κ3) is 4.39. The van der Waals surface area contributed by atoms with Crippen LogP contribution in [0.3, 0.4) is 0 Å². The number of nitrogens with zero attached hydrogens (tertiary/aromatic N) is 4. The average Bonchev–Trinajstić information content (AvgIpc) is 2.79. The molecule has 1 N–H and O–H groups in total. The maximum absolute atomic E-state index is 13.2. The maximum atomic E-state index is 13.2. The van der Waals surface area contributed by atoms with Gasteiger partial charge in [-0.3, -0.25) is 14.5 Å². The van der Waals surface area contributed by atoms with E-state index in [1.54, 1.807) is 12.3 Å². The summed E-state index contributed by atoms with van der Waals surface area (Å²) in [6, 6.07) is 3.62. The molecule has 1 saturated heterocycles. The van der Waals surface area contributed by atoms with Crippen molar-refractivity contribution in [2.75, 3.05) is 39.8 Å². The summed E-state index contributed by atoms with van der Waals surface area (Å²) in [6.07, 6.45) is 7.56. The molecule has 4 rings (SSSR count). The molecule has 2 aliphatic rings. The Hall–Kier alpha value is -2.25. The maximum Gasteiger partial charge on any atom is 0.256 e. The van der Waals surface area contributed by atoms with E-state index in [0.29, 0.717) is 24.1 Å². The van der Waals surface area contributed by atoms with Crippen LogP contribution in [-0.4, -0.2) is 70.6 Å². The molecule has 2 aromatic rings. The van der Waals surface area contributed by atoms with Gasteiger partial charge in [-0.25, -0.2) is 4.98 Å². The topological polar surface area (TPSA) is 70.5 Å². The molecule has 7 heteroatoms. The summed E-state index contributed by atoms with van der Waals surface area (Å²) in [5.74, 6) is -0.270. The first-order valence-electron chi connectivity index (χ1n) is 11.7. The van der Waals surface area contributed by atoms with Gasteiger partial charge >= 0.3 is 0 Å². The lowest BCUT2D eigenvalue weighted by Crippen LogP contribution is -2.61. The van der Waals surface area contributed by atoms with E-state index in [0.717, 1.165) is 44.7 Å². The van der Waals surface area contributed by atoms with Crippen LogP contribution in [0.15, 0.2) is 23.1 Å². The summed E-state index contributed by atoms with van der Waals surface area (Å²) in [7, 11) is 2.17. The minimum Gasteiger partial charge on any atom is -0.350 e. The van der Waals surface area contributed by atoms with Gasteiger partial charge in [-0.1, -0.05) is 19.3 Å². The van der Waals surface area contributed by atoms with Crippen molar-refractivity contribution in [2.45, 2.75) is 58.0 Å². The lowest BCUT2D eigenvalue weighted by atomic mass is 9.79. The lowest BCUT2D eigenvalue weighted by molar-refractivity contribution is 0.0138. The molecule has 3 heterocycles. The van der Waals surface area contributed by atoms with Crippen LogP contribution in [-0.2, 0) is 6.54 Å². The number of pyridine rings is 2.